The van der Waals surface area contributed by atoms with E-state index >= 15 is 0 Å². The second-order valence-corrected chi connectivity index (χ2v) is 5.47. The summed E-state index contributed by atoms with van der Waals surface area (Å²) in [5.41, 5.74) is 3.10. The van der Waals surface area contributed by atoms with Crippen molar-refractivity contribution < 1.29 is 4.79 Å². The Morgan fingerprint density at radius 1 is 1.35 bits per heavy atom. The number of carbonyl (C=O) groups excluding carboxylic acids is 1. The van der Waals surface area contributed by atoms with Crippen molar-refractivity contribution in [2.75, 3.05) is 11.6 Å². The molecular formula is C14H14ClN3OS. The number of aryl methyl sites for hydroxylation is 2. The van der Waals surface area contributed by atoms with Crippen LogP contribution in [0.1, 0.15) is 21.5 Å². The Morgan fingerprint density at radius 2 is 2.10 bits per heavy atom. The average molecular weight is 308 g/mol. The molecule has 20 heavy (non-hydrogen) atoms. The molecule has 0 bridgehead atoms. The molecule has 2 rings (SSSR count). The molecule has 1 amide bonds. The Hall–Kier alpha value is -1.59. The van der Waals surface area contributed by atoms with E-state index in [9.17, 15) is 4.79 Å². The van der Waals surface area contributed by atoms with Gasteiger partial charge in [0.1, 0.15) is 5.15 Å². The first-order chi connectivity index (χ1) is 9.51. The molecule has 4 nitrogen and oxygen atoms in total. The molecule has 104 valence electrons. The number of rotatable bonds is 3. The average Bonchev–Trinajstić information content (AvgIpc) is 2.42. The largest absolute Gasteiger partial charge is 0.322 e. The summed E-state index contributed by atoms with van der Waals surface area (Å²) in [5.74, 6) is -0.309. The monoisotopic (exact) mass is 307 g/mol. The van der Waals surface area contributed by atoms with E-state index in [4.69, 9.17) is 11.6 Å². The Kier molecular flexibility index (Phi) is 4.62. The number of amides is 1. The van der Waals surface area contributed by atoms with Crippen molar-refractivity contribution in [3.63, 3.8) is 0 Å². The number of thioether (sulfide) groups is 1. The Morgan fingerprint density at radius 3 is 2.75 bits per heavy atom. The van der Waals surface area contributed by atoms with Gasteiger partial charge in [-0.3, -0.25) is 4.79 Å². The summed E-state index contributed by atoms with van der Waals surface area (Å²) >= 11 is 7.39. The SMILES string of the molecule is CSc1ncc(C(=O)Nc2cc(C)ccc2C)c(Cl)n1. The molecule has 2 aromatic rings. The van der Waals surface area contributed by atoms with Crippen molar-refractivity contribution in [2.45, 2.75) is 19.0 Å². The molecule has 0 unspecified atom stereocenters. The summed E-state index contributed by atoms with van der Waals surface area (Å²) in [6.45, 7) is 3.91. The van der Waals surface area contributed by atoms with Gasteiger partial charge < -0.3 is 5.32 Å². The van der Waals surface area contributed by atoms with Crippen LogP contribution in [0.5, 0.6) is 0 Å². The van der Waals surface area contributed by atoms with Crippen LogP contribution >= 0.6 is 23.4 Å². The fraction of sp³-hybridized carbons (Fsp3) is 0.214. The van der Waals surface area contributed by atoms with Gasteiger partial charge in [0, 0.05) is 11.9 Å². The molecule has 0 saturated carbocycles. The summed E-state index contributed by atoms with van der Waals surface area (Å²) in [4.78, 5) is 20.3. The lowest BCUT2D eigenvalue weighted by Crippen LogP contribution is -2.14. The molecule has 0 aliphatic heterocycles. The van der Waals surface area contributed by atoms with Gasteiger partial charge in [0.15, 0.2) is 5.16 Å². The van der Waals surface area contributed by atoms with E-state index in [0.717, 1.165) is 16.8 Å². The van der Waals surface area contributed by atoms with Gasteiger partial charge in [0.2, 0.25) is 0 Å². The van der Waals surface area contributed by atoms with Crippen LogP contribution in [0.3, 0.4) is 0 Å². The van der Waals surface area contributed by atoms with Crippen molar-refractivity contribution in [1.82, 2.24) is 9.97 Å². The van der Waals surface area contributed by atoms with E-state index in [1.807, 2.05) is 38.3 Å². The highest BCUT2D eigenvalue weighted by Gasteiger charge is 2.14. The first kappa shape index (κ1) is 14.8. The standard InChI is InChI=1S/C14H14ClN3OS/c1-8-4-5-9(2)11(6-8)17-13(19)10-7-16-14(20-3)18-12(10)15/h4-7H,1-3H3,(H,17,19). The van der Waals surface area contributed by atoms with Crippen molar-refractivity contribution >= 4 is 35.0 Å². The summed E-state index contributed by atoms with van der Waals surface area (Å²) in [5, 5.41) is 3.53. The number of hydrogen-bond acceptors (Lipinski definition) is 4. The van der Waals surface area contributed by atoms with Crippen LogP contribution in [-0.2, 0) is 0 Å². The van der Waals surface area contributed by atoms with Crippen molar-refractivity contribution in [3.05, 3.63) is 46.2 Å². The molecule has 0 fully saturated rings. The van der Waals surface area contributed by atoms with Gasteiger partial charge in [0.05, 0.1) is 5.56 Å². The topological polar surface area (TPSA) is 54.9 Å². The Labute approximate surface area is 127 Å². The van der Waals surface area contributed by atoms with Crippen LogP contribution in [0.2, 0.25) is 5.15 Å². The van der Waals surface area contributed by atoms with Gasteiger partial charge in [-0.2, -0.15) is 0 Å². The molecule has 0 spiro atoms. The lowest BCUT2D eigenvalue weighted by molar-refractivity contribution is 0.102. The van der Waals surface area contributed by atoms with Gasteiger partial charge in [-0.25, -0.2) is 9.97 Å². The second kappa shape index (κ2) is 6.24. The highest BCUT2D eigenvalue weighted by Crippen LogP contribution is 2.20. The van der Waals surface area contributed by atoms with Gasteiger partial charge in [-0.1, -0.05) is 35.5 Å². The molecule has 0 saturated heterocycles. The van der Waals surface area contributed by atoms with Crippen molar-refractivity contribution in [2.24, 2.45) is 0 Å². The van der Waals surface area contributed by atoms with E-state index < -0.39 is 0 Å². The Bertz CT molecular complexity index is 661. The lowest BCUT2D eigenvalue weighted by atomic mass is 10.1. The van der Waals surface area contributed by atoms with Gasteiger partial charge in [-0.05, 0) is 37.3 Å². The smallest absolute Gasteiger partial charge is 0.260 e. The van der Waals surface area contributed by atoms with Crippen LogP contribution in [-0.4, -0.2) is 22.1 Å². The zero-order chi connectivity index (χ0) is 14.7. The fourth-order valence-corrected chi connectivity index (χ4v) is 2.26. The minimum Gasteiger partial charge on any atom is -0.322 e. The fourth-order valence-electron chi connectivity index (χ4n) is 1.66. The highest BCUT2D eigenvalue weighted by atomic mass is 35.5. The summed E-state index contributed by atoms with van der Waals surface area (Å²) in [6, 6.07) is 5.87. The van der Waals surface area contributed by atoms with Crippen molar-refractivity contribution in [1.29, 1.82) is 0 Å². The molecular weight excluding hydrogens is 294 g/mol. The normalized spacial score (nSPS) is 10.4. The number of nitrogens with one attached hydrogen (secondary N) is 1. The third-order valence-electron chi connectivity index (χ3n) is 2.79. The zero-order valence-corrected chi connectivity index (χ0v) is 13.0. The third-order valence-corrected chi connectivity index (χ3v) is 3.64. The minimum absolute atomic E-state index is 0.159. The van der Waals surface area contributed by atoms with Gasteiger partial charge in [0.25, 0.3) is 5.91 Å². The van der Waals surface area contributed by atoms with Crippen LogP contribution in [0.4, 0.5) is 5.69 Å². The molecule has 0 radical (unpaired) electrons. The maximum atomic E-state index is 12.2. The van der Waals surface area contributed by atoms with Crippen LogP contribution in [0.15, 0.2) is 29.6 Å². The van der Waals surface area contributed by atoms with Gasteiger partial charge >= 0.3 is 0 Å². The number of nitrogens with zero attached hydrogens (tertiary/aromatic N) is 2. The first-order valence-corrected chi connectivity index (χ1v) is 7.56. The predicted molar refractivity (Wildman–Crippen MR) is 82.7 cm³/mol. The van der Waals surface area contributed by atoms with E-state index in [-0.39, 0.29) is 16.6 Å². The number of aromatic nitrogens is 2. The maximum absolute atomic E-state index is 12.2. The highest BCUT2D eigenvalue weighted by molar-refractivity contribution is 7.98. The molecule has 6 heteroatoms. The Balaban J connectivity index is 2.26. The number of carbonyl (C=O) groups is 1. The van der Waals surface area contributed by atoms with E-state index in [1.54, 1.807) is 0 Å². The molecule has 1 heterocycles. The minimum atomic E-state index is -0.309. The zero-order valence-electron chi connectivity index (χ0n) is 11.4. The summed E-state index contributed by atoms with van der Waals surface area (Å²) in [6.07, 6.45) is 3.29. The first-order valence-electron chi connectivity index (χ1n) is 5.96. The quantitative estimate of drug-likeness (QED) is 0.533. The lowest BCUT2D eigenvalue weighted by Gasteiger charge is -2.10. The van der Waals surface area contributed by atoms with E-state index in [2.05, 4.69) is 15.3 Å². The number of benzene rings is 1. The molecule has 0 atom stereocenters. The molecule has 1 aromatic heterocycles. The predicted octanol–water partition coefficient (Wildman–Crippen LogP) is 3.72. The number of hydrogen-bond donors (Lipinski definition) is 1. The van der Waals surface area contributed by atoms with E-state index in [0.29, 0.717) is 5.16 Å². The third kappa shape index (κ3) is 3.29. The molecule has 1 N–H and O–H groups in total. The maximum Gasteiger partial charge on any atom is 0.260 e. The molecule has 0 aliphatic rings. The number of anilines is 1. The molecule has 1 aromatic carbocycles. The summed E-state index contributed by atoms with van der Waals surface area (Å²) in [7, 11) is 0. The van der Waals surface area contributed by atoms with Crippen LogP contribution in [0, 0.1) is 13.8 Å². The van der Waals surface area contributed by atoms with Crippen molar-refractivity contribution in [3.8, 4) is 0 Å². The van der Waals surface area contributed by atoms with E-state index in [1.165, 1.54) is 18.0 Å². The van der Waals surface area contributed by atoms with Crippen LogP contribution in [0.25, 0.3) is 0 Å². The number of halogens is 1. The summed E-state index contributed by atoms with van der Waals surface area (Å²) < 4.78 is 0. The molecule has 0 aliphatic carbocycles. The van der Waals surface area contributed by atoms with Gasteiger partial charge in [-0.15, -0.1) is 0 Å². The second-order valence-electron chi connectivity index (χ2n) is 4.33. The van der Waals surface area contributed by atoms with Crippen LogP contribution < -0.4 is 5.32 Å².